The maximum atomic E-state index is 12.3. The van der Waals surface area contributed by atoms with Crippen molar-refractivity contribution < 1.29 is 31.1 Å². The SMILES string of the molecule is NC(=O)c1cc(C(F)(F)F)cc(C(F)(F)F)c1.c1ccc2c(N3CCCC3)cc(NC3CCCCC3)nc2c1. The van der Waals surface area contributed by atoms with Gasteiger partial charge in [-0.2, -0.15) is 26.3 Å². The number of fused-ring (bicyclic) bond motifs is 1. The summed E-state index contributed by atoms with van der Waals surface area (Å²) in [4.78, 5) is 18.0. The highest BCUT2D eigenvalue weighted by Crippen LogP contribution is 2.36. The summed E-state index contributed by atoms with van der Waals surface area (Å²) in [7, 11) is 0. The molecule has 39 heavy (non-hydrogen) atoms. The number of halogens is 6. The monoisotopic (exact) mass is 552 g/mol. The molecule has 1 aliphatic heterocycles. The van der Waals surface area contributed by atoms with E-state index in [0.29, 0.717) is 6.04 Å². The van der Waals surface area contributed by atoms with E-state index < -0.39 is 35.0 Å². The molecule has 3 N–H and O–H groups in total. The number of nitrogens with two attached hydrogens (primary N) is 1. The third kappa shape index (κ3) is 7.33. The number of rotatable bonds is 4. The Morgan fingerprint density at radius 1 is 0.846 bits per heavy atom. The van der Waals surface area contributed by atoms with Crippen molar-refractivity contribution in [2.24, 2.45) is 5.73 Å². The summed E-state index contributed by atoms with van der Waals surface area (Å²) < 4.78 is 73.7. The number of amides is 1. The number of hydrogen-bond donors (Lipinski definition) is 2. The summed E-state index contributed by atoms with van der Waals surface area (Å²) in [5.41, 5.74) is 3.17. The van der Waals surface area contributed by atoms with Gasteiger partial charge in [-0.1, -0.05) is 37.5 Å². The fourth-order valence-electron chi connectivity index (χ4n) is 5.00. The highest BCUT2D eigenvalue weighted by Gasteiger charge is 2.37. The first kappa shape index (κ1) is 28.5. The van der Waals surface area contributed by atoms with Crippen LogP contribution in [0.1, 0.15) is 66.4 Å². The average molecular weight is 553 g/mol. The molecule has 210 valence electrons. The van der Waals surface area contributed by atoms with Crippen LogP contribution in [0.5, 0.6) is 0 Å². The number of benzene rings is 2. The number of nitrogens with one attached hydrogen (secondary N) is 1. The summed E-state index contributed by atoms with van der Waals surface area (Å²) in [6.45, 7) is 2.35. The standard InChI is InChI=1S/C19H25N3.C9H5F6NO/c1-2-8-15(9-3-1)20-19-14-18(22-12-6-7-13-22)16-10-4-5-11-17(16)21-19;10-8(11,12)5-1-4(7(16)17)2-6(3-5)9(13,14)15/h4-5,10-11,14-15H,1-3,6-9,12-13H2,(H,20,21);1-3H,(H2,16,17). The number of nitrogens with zero attached hydrogens (tertiary/aromatic N) is 2. The zero-order valence-electron chi connectivity index (χ0n) is 21.2. The van der Waals surface area contributed by atoms with Crippen LogP contribution in [-0.2, 0) is 12.4 Å². The second kappa shape index (κ2) is 11.7. The van der Waals surface area contributed by atoms with Crippen molar-refractivity contribution >= 4 is 28.3 Å². The lowest BCUT2D eigenvalue weighted by molar-refractivity contribution is -0.143. The molecule has 1 aromatic heterocycles. The molecule has 0 atom stereocenters. The van der Waals surface area contributed by atoms with Gasteiger partial charge >= 0.3 is 12.4 Å². The van der Waals surface area contributed by atoms with Crippen LogP contribution in [0.4, 0.5) is 37.8 Å². The molecular formula is C28H30F6N4O. The average Bonchev–Trinajstić information content (AvgIpc) is 3.43. The van der Waals surface area contributed by atoms with E-state index in [1.54, 1.807) is 0 Å². The van der Waals surface area contributed by atoms with Crippen LogP contribution in [0.2, 0.25) is 0 Å². The molecule has 1 amide bonds. The van der Waals surface area contributed by atoms with Crippen molar-refractivity contribution in [1.29, 1.82) is 0 Å². The summed E-state index contributed by atoms with van der Waals surface area (Å²) in [6, 6.07) is 11.9. The Morgan fingerprint density at radius 3 is 2.00 bits per heavy atom. The smallest absolute Gasteiger partial charge is 0.371 e. The second-order valence-electron chi connectivity index (χ2n) is 9.88. The van der Waals surface area contributed by atoms with Gasteiger partial charge in [-0.05, 0) is 49.9 Å². The Labute approximate surface area is 222 Å². The maximum Gasteiger partial charge on any atom is 0.416 e. The molecule has 0 spiro atoms. The Balaban J connectivity index is 0.000000188. The Bertz CT molecular complexity index is 1260. The molecule has 2 fully saturated rings. The Kier molecular flexibility index (Phi) is 8.56. The predicted octanol–water partition coefficient (Wildman–Crippen LogP) is 7.40. The molecular weight excluding hydrogens is 522 g/mol. The first-order valence-electron chi connectivity index (χ1n) is 12.9. The number of hydrogen-bond acceptors (Lipinski definition) is 4. The molecule has 0 unspecified atom stereocenters. The number of alkyl halides is 6. The lowest BCUT2D eigenvalue weighted by atomic mass is 9.95. The highest BCUT2D eigenvalue weighted by atomic mass is 19.4. The van der Waals surface area contributed by atoms with Gasteiger partial charge in [0.05, 0.1) is 16.6 Å². The van der Waals surface area contributed by atoms with Gasteiger partial charge in [0.1, 0.15) is 5.82 Å². The van der Waals surface area contributed by atoms with Gasteiger partial charge in [-0.15, -0.1) is 0 Å². The van der Waals surface area contributed by atoms with E-state index >= 15 is 0 Å². The maximum absolute atomic E-state index is 12.3. The summed E-state index contributed by atoms with van der Waals surface area (Å²) >= 11 is 0. The molecule has 0 bridgehead atoms. The molecule has 1 saturated heterocycles. The third-order valence-corrected chi connectivity index (χ3v) is 6.97. The first-order chi connectivity index (χ1) is 18.4. The minimum absolute atomic E-state index is 0.0769. The molecule has 5 nitrogen and oxygen atoms in total. The highest BCUT2D eigenvalue weighted by molar-refractivity contribution is 5.94. The number of aromatic nitrogens is 1. The number of pyridine rings is 1. The van der Waals surface area contributed by atoms with Crippen LogP contribution in [0.25, 0.3) is 10.9 Å². The predicted molar refractivity (Wildman–Crippen MR) is 139 cm³/mol. The third-order valence-electron chi connectivity index (χ3n) is 6.97. The number of carbonyl (C=O) groups excluding carboxylic acids is 1. The molecule has 3 aromatic rings. The van der Waals surface area contributed by atoms with E-state index in [4.69, 9.17) is 4.98 Å². The molecule has 2 aliphatic rings. The zero-order chi connectivity index (χ0) is 28.2. The van der Waals surface area contributed by atoms with E-state index in [1.165, 1.54) is 69.1 Å². The molecule has 1 aliphatic carbocycles. The van der Waals surface area contributed by atoms with E-state index in [-0.39, 0.29) is 18.2 Å². The van der Waals surface area contributed by atoms with E-state index in [0.717, 1.165) is 11.3 Å². The van der Waals surface area contributed by atoms with Gasteiger partial charge < -0.3 is 16.0 Å². The number of anilines is 2. The second-order valence-corrected chi connectivity index (χ2v) is 9.88. The van der Waals surface area contributed by atoms with Crippen molar-refractivity contribution in [1.82, 2.24) is 4.98 Å². The van der Waals surface area contributed by atoms with Gasteiger partial charge in [0.15, 0.2) is 0 Å². The van der Waals surface area contributed by atoms with Gasteiger partial charge in [-0.3, -0.25) is 4.79 Å². The minimum Gasteiger partial charge on any atom is -0.371 e. The van der Waals surface area contributed by atoms with Crippen molar-refractivity contribution in [3.05, 3.63) is 65.2 Å². The molecule has 5 rings (SSSR count). The van der Waals surface area contributed by atoms with E-state index in [1.807, 2.05) is 0 Å². The van der Waals surface area contributed by atoms with Crippen LogP contribution < -0.4 is 16.0 Å². The summed E-state index contributed by atoms with van der Waals surface area (Å²) in [6.07, 6.45) is -0.682. The molecule has 2 heterocycles. The Morgan fingerprint density at radius 2 is 1.44 bits per heavy atom. The molecule has 0 radical (unpaired) electrons. The quantitative estimate of drug-likeness (QED) is 0.331. The lowest BCUT2D eigenvalue weighted by Gasteiger charge is -2.25. The molecule has 1 saturated carbocycles. The number of primary amides is 1. The number of para-hydroxylation sites is 1. The van der Waals surface area contributed by atoms with E-state index in [9.17, 15) is 31.1 Å². The van der Waals surface area contributed by atoms with Gasteiger partial charge in [0.25, 0.3) is 0 Å². The van der Waals surface area contributed by atoms with Crippen LogP contribution in [0.3, 0.4) is 0 Å². The van der Waals surface area contributed by atoms with Gasteiger partial charge in [0, 0.05) is 41.8 Å². The fourth-order valence-corrected chi connectivity index (χ4v) is 5.00. The minimum atomic E-state index is -4.98. The van der Waals surface area contributed by atoms with Crippen LogP contribution in [0.15, 0.2) is 48.5 Å². The number of carbonyl (C=O) groups is 1. The van der Waals surface area contributed by atoms with Gasteiger partial charge in [0.2, 0.25) is 5.91 Å². The largest absolute Gasteiger partial charge is 0.416 e. The normalized spacial score (nSPS) is 16.6. The fraction of sp³-hybridized carbons (Fsp3) is 0.429. The van der Waals surface area contributed by atoms with Crippen molar-refractivity contribution in [3.63, 3.8) is 0 Å². The lowest BCUT2D eigenvalue weighted by Crippen LogP contribution is -2.23. The summed E-state index contributed by atoms with van der Waals surface area (Å²) in [5.74, 6) is -0.297. The van der Waals surface area contributed by atoms with Gasteiger partial charge in [-0.25, -0.2) is 4.98 Å². The van der Waals surface area contributed by atoms with E-state index in [2.05, 4.69) is 46.3 Å². The van der Waals surface area contributed by atoms with Crippen molar-refractivity contribution in [3.8, 4) is 0 Å². The van der Waals surface area contributed by atoms with Crippen LogP contribution in [-0.4, -0.2) is 30.0 Å². The topological polar surface area (TPSA) is 71.2 Å². The van der Waals surface area contributed by atoms with Crippen LogP contribution in [0, 0.1) is 0 Å². The first-order valence-corrected chi connectivity index (χ1v) is 12.9. The zero-order valence-corrected chi connectivity index (χ0v) is 21.2. The molecule has 2 aromatic carbocycles. The Hall–Kier alpha value is -3.50. The molecule has 11 heteroatoms. The van der Waals surface area contributed by atoms with Crippen LogP contribution >= 0.6 is 0 Å². The van der Waals surface area contributed by atoms with Crippen molar-refractivity contribution in [2.75, 3.05) is 23.3 Å². The summed E-state index contributed by atoms with van der Waals surface area (Å²) in [5, 5.41) is 4.99. The van der Waals surface area contributed by atoms with Crippen molar-refractivity contribution in [2.45, 2.75) is 63.3 Å².